The number of para-hydroxylation sites is 1. The zero-order valence-electron chi connectivity index (χ0n) is 10.7. The molecule has 3 rings (SSSR count). The molecule has 1 heterocycles. The summed E-state index contributed by atoms with van der Waals surface area (Å²) in [5.74, 6) is 0. The van der Waals surface area contributed by atoms with Gasteiger partial charge in [0, 0.05) is 9.92 Å². The largest absolute Gasteiger partial charge is 0.330 e. The first kappa shape index (κ1) is 13.9. The maximum atomic E-state index is 6.27. The van der Waals surface area contributed by atoms with E-state index in [-0.39, 0.29) is 0 Å². The van der Waals surface area contributed by atoms with Crippen molar-refractivity contribution < 1.29 is 0 Å². The first-order valence-electron chi connectivity index (χ1n) is 6.28. The maximum absolute atomic E-state index is 6.27. The molecule has 0 bridgehead atoms. The second kappa shape index (κ2) is 6.14. The average molecular weight is 321 g/mol. The van der Waals surface area contributed by atoms with E-state index in [4.69, 9.17) is 17.3 Å². The summed E-state index contributed by atoms with van der Waals surface area (Å²) >= 11 is 9.61. The Morgan fingerprint density at radius 3 is 2.80 bits per heavy atom. The highest BCUT2D eigenvalue weighted by molar-refractivity contribution is 8.01. The number of aromatic nitrogens is 1. The van der Waals surface area contributed by atoms with E-state index in [9.17, 15) is 0 Å². The van der Waals surface area contributed by atoms with Crippen molar-refractivity contribution in [2.45, 2.75) is 15.7 Å². The Hall–Kier alpha value is -1.07. The molecule has 2 aromatic carbocycles. The fraction of sp³-hybridized carbons (Fsp3) is 0.133. The Morgan fingerprint density at radius 2 is 2.05 bits per heavy atom. The van der Waals surface area contributed by atoms with Crippen LogP contribution in [0.5, 0.6) is 0 Å². The van der Waals surface area contributed by atoms with Crippen molar-refractivity contribution in [1.82, 2.24) is 4.98 Å². The lowest BCUT2D eigenvalue weighted by molar-refractivity contribution is 0.967. The van der Waals surface area contributed by atoms with Gasteiger partial charge in [-0.2, -0.15) is 0 Å². The van der Waals surface area contributed by atoms with E-state index < -0.39 is 0 Å². The Bertz CT molecular complexity index is 707. The lowest BCUT2D eigenvalue weighted by Gasteiger charge is -2.04. The van der Waals surface area contributed by atoms with Crippen LogP contribution < -0.4 is 5.73 Å². The molecule has 3 aromatic rings. The van der Waals surface area contributed by atoms with E-state index in [2.05, 4.69) is 17.1 Å². The van der Waals surface area contributed by atoms with Crippen molar-refractivity contribution in [3.05, 3.63) is 53.1 Å². The van der Waals surface area contributed by atoms with Gasteiger partial charge < -0.3 is 5.73 Å². The molecule has 20 heavy (non-hydrogen) atoms. The summed E-state index contributed by atoms with van der Waals surface area (Å²) in [6.07, 6.45) is 0.810. The Morgan fingerprint density at radius 1 is 1.20 bits per heavy atom. The van der Waals surface area contributed by atoms with Gasteiger partial charge in [0.25, 0.3) is 0 Å². The normalized spacial score (nSPS) is 11.1. The summed E-state index contributed by atoms with van der Waals surface area (Å²) < 4.78 is 2.25. The van der Waals surface area contributed by atoms with Crippen LogP contribution in [0.1, 0.15) is 5.56 Å². The zero-order valence-corrected chi connectivity index (χ0v) is 13.1. The highest BCUT2D eigenvalue weighted by Crippen LogP contribution is 2.35. The number of nitrogens with two attached hydrogens (primary N) is 1. The number of halogens is 1. The standard InChI is InChI=1S/C15H13ClN2S2/c16-12-9-11(6-5-10(12)7-8-17)19-15-18-13-3-1-2-4-14(13)20-15/h1-6,9H,7-8,17H2. The molecule has 102 valence electrons. The zero-order chi connectivity index (χ0) is 13.9. The van der Waals surface area contributed by atoms with Crippen molar-refractivity contribution in [3.63, 3.8) is 0 Å². The van der Waals surface area contributed by atoms with Crippen LogP contribution >= 0.6 is 34.7 Å². The Balaban J connectivity index is 1.85. The van der Waals surface area contributed by atoms with Crippen molar-refractivity contribution in [3.8, 4) is 0 Å². The molecule has 0 aliphatic rings. The number of thiazole rings is 1. The molecule has 2 N–H and O–H groups in total. The van der Waals surface area contributed by atoms with Crippen LogP contribution in [0.15, 0.2) is 51.7 Å². The summed E-state index contributed by atoms with van der Waals surface area (Å²) in [6.45, 7) is 0.615. The lowest BCUT2D eigenvalue weighted by Crippen LogP contribution is -2.02. The van der Waals surface area contributed by atoms with Crippen molar-refractivity contribution in [2.24, 2.45) is 5.73 Å². The SMILES string of the molecule is NCCc1ccc(Sc2nc3ccccc3s2)cc1Cl. The van der Waals surface area contributed by atoms with E-state index in [0.29, 0.717) is 6.54 Å². The van der Waals surface area contributed by atoms with Gasteiger partial charge in [0.1, 0.15) is 0 Å². The molecule has 0 spiro atoms. The molecule has 5 heteroatoms. The van der Waals surface area contributed by atoms with Crippen molar-refractivity contribution in [1.29, 1.82) is 0 Å². The van der Waals surface area contributed by atoms with Crippen LogP contribution in [0, 0.1) is 0 Å². The van der Waals surface area contributed by atoms with E-state index in [0.717, 1.165) is 31.8 Å². The van der Waals surface area contributed by atoms with Crippen LogP contribution in [0.4, 0.5) is 0 Å². The van der Waals surface area contributed by atoms with E-state index in [1.165, 1.54) is 4.70 Å². The van der Waals surface area contributed by atoms with Crippen molar-refractivity contribution >= 4 is 44.9 Å². The van der Waals surface area contributed by atoms with Gasteiger partial charge in [-0.1, -0.05) is 41.6 Å². The van der Waals surface area contributed by atoms with Gasteiger partial charge in [0.2, 0.25) is 0 Å². The lowest BCUT2D eigenvalue weighted by atomic mass is 10.1. The molecule has 0 fully saturated rings. The van der Waals surface area contributed by atoms with Gasteiger partial charge in [0.05, 0.1) is 10.2 Å². The molecule has 2 nitrogen and oxygen atoms in total. The minimum atomic E-state index is 0.615. The van der Waals surface area contributed by atoms with E-state index >= 15 is 0 Å². The second-order valence-corrected chi connectivity index (χ2v) is 7.10. The fourth-order valence-electron chi connectivity index (χ4n) is 1.95. The summed E-state index contributed by atoms with van der Waals surface area (Å²) in [4.78, 5) is 5.72. The fourth-order valence-corrected chi connectivity index (χ4v) is 4.37. The van der Waals surface area contributed by atoms with Gasteiger partial charge in [-0.3, -0.25) is 0 Å². The Labute approximate surface area is 131 Å². The van der Waals surface area contributed by atoms with Crippen LogP contribution in [0.3, 0.4) is 0 Å². The molecule has 0 aliphatic carbocycles. The van der Waals surface area contributed by atoms with E-state index in [1.54, 1.807) is 23.1 Å². The predicted octanol–water partition coefficient (Wildman–Crippen LogP) is 4.60. The van der Waals surface area contributed by atoms with Gasteiger partial charge >= 0.3 is 0 Å². The molecular weight excluding hydrogens is 308 g/mol. The number of nitrogens with zero attached hydrogens (tertiary/aromatic N) is 1. The summed E-state index contributed by atoms with van der Waals surface area (Å²) in [6, 6.07) is 14.3. The third-order valence-corrected chi connectivity index (χ3v) is 5.36. The van der Waals surface area contributed by atoms with Gasteiger partial charge in [-0.25, -0.2) is 4.98 Å². The van der Waals surface area contributed by atoms with Gasteiger partial charge in [0.15, 0.2) is 4.34 Å². The molecule has 0 radical (unpaired) electrons. The second-order valence-electron chi connectivity index (χ2n) is 4.34. The number of hydrogen-bond acceptors (Lipinski definition) is 4. The highest BCUT2D eigenvalue weighted by atomic mass is 35.5. The average Bonchev–Trinajstić information content (AvgIpc) is 2.84. The molecule has 0 aliphatic heterocycles. The molecular formula is C15H13ClN2S2. The van der Waals surface area contributed by atoms with Crippen molar-refractivity contribution in [2.75, 3.05) is 6.54 Å². The minimum Gasteiger partial charge on any atom is -0.330 e. The van der Waals surface area contributed by atoms with E-state index in [1.807, 2.05) is 30.3 Å². The van der Waals surface area contributed by atoms with Crippen LogP contribution in [0.2, 0.25) is 5.02 Å². The molecule has 0 saturated heterocycles. The van der Waals surface area contributed by atoms with Gasteiger partial charge in [-0.15, -0.1) is 11.3 Å². The number of benzene rings is 2. The highest BCUT2D eigenvalue weighted by Gasteiger charge is 2.07. The third-order valence-electron chi connectivity index (χ3n) is 2.92. The molecule has 0 unspecified atom stereocenters. The predicted molar refractivity (Wildman–Crippen MR) is 88.0 cm³/mol. The quantitative estimate of drug-likeness (QED) is 0.763. The monoisotopic (exact) mass is 320 g/mol. The topological polar surface area (TPSA) is 38.9 Å². The van der Waals surface area contributed by atoms with Crippen LogP contribution in [0.25, 0.3) is 10.2 Å². The molecule has 0 saturated carbocycles. The maximum Gasteiger partial charge on any atom is 0.155 e. The molecule has 0 amide bonds. The molecule has 0 atom stereocenters. The smallest absolute Gasteiger partial charge is 0.155 e. The number of hydrogen-bond donors (Lipinski definition) is 1. The first-order valence-corrected chi connectivity index (χ1v) is 8.29. The number of fused-ring (bicyclic) bond motifs is 1. The first-order chi connectivity index (χ1) is 9.76. The molecule has 1 aromatic heterocycles. The van der Waals surface area contributed by atoms with Crippen LogP contribution in [-0.4, -0.2) is 11.5 Å². The summed E-state index contributed by atoms with van der Waals surface area (Å²) in [7, 11) is 0. The Kier molecular flexibility index (Phi) is 4.27. The minimum absolute atomic E-state index is 0.615. The number of rotatable bonds is 4. The summed E-state index contributed by atoms with van der Waals surface area (Å²) in [5, 5.41) is 0.779. The third kappa shape index (κ3) is 2.99. The van der Waals surface area contributed by atoms with Crippen LogP contribution in [-0.2, 0) is 6.42 Å². The van der Waals surface area contributed by atoms with Gasteiger partial charge in [-0.05, 0) is 42.8 Å². The summed E-state index contributed by atoms with van der Waals surface area (Å²) in [5.41, 5.74) is 7.71.